The Morgan fingerprint density at radius 2 is 1.83 bits per heavy atom. The number of hydrogen-bond donors (Lipinski definition) is 2. The van der Waals surface area contributed by atoms with Crippen molar-refractivity contribution in [2.24, 2.45) is 0 Å². The summed E-state index contributed by atoms with van der Waals surface area (Å²) in [7, 11) is 0. The van der Waals surface area contributed by atoms with Crippen LogP contribution < -0.4 is 14.7 Å². The molecule has 0 saturated carbocycles. The second kappa shape index (κ2) is 7.07. The number of carbonyl (C=O) groups excluding carboxylic acids is 2. The molecule has 6 nitrogen and oxygen atoms in total. The van der Waals surface area contributed by atoms with Gasteiger partial charge >= 0.3 is 0 Å². The number of piperazine rings is 1. The van der Waals surface area contributed by atoms with Gasteiger partial charge in [0.25, 0.3) is 5.91 Å². The summed E-state index contributed by atoms with van der Waals surface area (Å²) in [5.41, 5.74) is 0.437. The molecular formula is C17H21FN4O2+2. The molecule has 2 heterocycles. The van der Waals surface area contributed by atoms with Gasteiger partial charge in [0.05, 0.1) is 31.1 Å². The lowest BCUT2D eigenvalue weighted by atomic mass is 10.1. The quantitative estimate of drug-likeness (QED) is 0.637. The Morgan fingerprint density at radius 3 is 2.46 bits per heavy atom. The first kappa shape index (κ1) is 16.6. The van der Waals surface area contributed by atoms with E-state index in [1.807, 2.05) is 0 Å². The Kier molecular flexibility index (Phi) is 4.88. The molecular weight excluding hydrogens is 311 g/mol. The fourth-order valence-corrected chi connectivity index (χ4v) is 3.57. The van der Waals surface area contributed by atoms with E-state index in [0.29, 0.717) is 12.1 Å². The van der Waals surface area contributed by atoms with E-state index in [2.05, 4.69) is 6.07 Å². The summed E-state index contributed by atoms with van der Waals surface area (Å²) in [6.07, 6.45) is 0.753. The van der Waals surface area contributed by atoms with E-state index in [-0.39, 0.29) is 24.3 Å². The maximum atomic E-state index is 13.0. The van der Waals surface area contributed by atoms with Gasteiger partial charge in [-0.2, -0.15) is 5.26 Å². The molecule has 2 aliphatic rings. The lowest BCUT2D eigenvalue weighted by molar-refractivity contribution is -1.02. The van der Waals surface area contributed by atoms with Crippen LogP contribution in [0.4, 0.5) is 10.1 Å². The minimum Gasteiger partial charge on any atom is -0.325 e. The highest BCUT2D eigenvalue weighted by molar-refractivity contribution is 6.21. The highest BCUT2D eigenvalue weighted by atomic mass is 19.1. The predicted molar refractivity (Wildman–Crippen MR) is 83.8 cm³/mol. The molecule has 0 aliphatic carbocycles. The maximum absolute atomic E-state index is 13.0. The third-order valence-electron chi connectivity index (χ3n) is 4.91. The van der Waals surface area contributed by atoms with E-state index in [0.717, 1.165) is 37.6 Å². The zero-order valence-electron chi connectivity index (χ0n) is 13.4. The van der Waals surface area contributed by atoms with E-state index < -0.39 is 5.82 Å². The molecule has 3 rings (SSSR count). The van der Waals surface area contributed by atoms with Crippen LogP contribution in [-0.4, -0.2) is 50.6 Å². The Bertz CT molecular complexity index is 662. The highest BCUT2D eigenvalue weighted by Gasteiger charge is 2.46. The van der Waals surface area contributed by atoms with Gasteiger partial charge in [0.15, 0.2) is 6.04 Å². The number of quaternary nitrogens is 2. The first-order valence-corrected chi connectivity index (χ1v) is 8.27. The van der Waals surface area contributed by atoms with Crippen molar-refractivity contribution in [3.05, 3.63) is 30.1 Å². The Balaban J connectivity index is 1.64. The van der Waals surface area contributed by atoms with Gasteiger partial charge in [0, 0.05) is 0 Å². The van der Waals surface area contributed by atoms with Crippen molar-refractivity contribution >= 4 is 17.5 Å². The largest absolute Gasteiger partial charge is 0.325 e. The Hall–Kier alpha value is -2.30. The van der Waals surface area contributed by atoms with Gasteiger partial charge in [-0.3, -0.25) is 9.59 Å². The molecule has 2 amide bonds. The Labute approximate surface area is 140 Å². The van der Waals surface area contributed by atoms with E-state index in [1.54, 1.807) is 0 Å². The number of rotatable bonds is 4. The second-order valence-corrected chi connectivity index (χ2v) is 6.37. The molecule has 1 aromatic carbocycles. The molecule has 2 fully saturated rings. The molecule has 0 spiro atoms. The van der Waals surface area contributed by atoms with Crippen LogP contribution in [0.3, 0.4) is 0 Å². The van der Waals surface area contributed by atoms with E-state index in [1.165, 1.54) is 34.1 Å². The monoisotopic (exact) mass is 332 g/mol. The second-order valence-electron chi connectivity index (χ2n) is 6.37. The van der Waals surface area contributed by atoms with Crippen molar-refractivity contribution in [3.63, 3.8) is 0 Å². The van der Waals surface area contributed by atoms with Gasteiger partial charge in [-0.25, -0.2) is 9.29 Å². The summed E-state index contributed by atoms with van der Waals surface area (Å²) in [5, 5.41) is 8.66. The van der Waals surface area contributed by atoms with Crippen LogP contribution in [0.15, 0.2) is 24.3 Å². The van der Waals surface area contributed by atoms with Crippen molar-refractivity contribution in [2.75, 3.05) is 37.6 Å². The number of nitrogens with one attached hydrogen (secondary N) is 2. The van der Waals surface area contributed by atoms with Crippen molar-refractivity contribution < 1.29 is 23.8 Å². The lowest BCUT2D eigenvalue weighted by Crippen LogP contribution is -3.30. The van der Waals surface area contributed by atoms with Crippen molar-refractivity contribution in [3.8, 4) is 6.07 Å². The summed E-state index contributed by atoms with van der Waals surface area (Å²) in [6, 6.07) is 7.26. The third kappa shape index (κ3) is 3.30. The van der Waals surface area contributed by atoms with E-state index >= 15 is 0 Å². The van der Waals surface area contributed by atoms with Crippen molar-refractivity contribution in [1.29, 1.82) is 5.26 Å². The van der Waals surface area contributed by atoms with Crippen LogP contribution >= 0.6 is 0 Å². The molecule has 7 heteroatoms. The number of carbonyl (C=O) groups is 2. The maximum Gasteiger partial charge on any atom is 0.292 e. The average Bonchev–Trinajstić information content (AvgIpc) is 2.89. The van der Waals surface area contributed by atoms with E-state index in [4.69, 9.17) is 5.26 Å². The smallest absolute Gasteiger partial charge is 0.292 e. The summed E-state index contributed by atoms with van der Waals surface area (Å²) < 4.78 is 13.0. The average molecular weight is 332 g/mol. The molecule has 0 unspecified atom stereocenters. The number of halogens is 1. The van der Waals surface area contributed by atoms with Crippen LogP contribution in [0, 0.1) is 17.1 Å². The molecule has 0 bridgehead atoms. The van der Waals surface area contributed by atoms with Gasteiger partial charge in [0.2, 0.25) is 5.91 Å². The SMILES string of the molecule is N#CCC[NH+]1CC[NH+]([C@@H]2CC(=O)N(c3ccc(F)cc3)C2=O)CC1. The number of benzene rings is 1. The number of nitrogens with zero attached hydrogens (tertiary/aromatic N) is 2. The fraction of sp³-hybridized carbons (Fsp3) is 0.471. The zero-order valence-corrected chi connectivity index (χ0v) is 13.4. The van der Waals surface area contributed by atoms with Gasteiger partial charge in [-0.15, -0.1) is 0 Å². The van der Waals surface area contributed by atoms with Gasteiger partial charge in [0.1, 0.15) is 32.0 Å². The van der Waals surface area contributed by atoms with Crippen molar-refractivity contribution in [2.45, 2.75) is 18.9 Å². The van der Waals surface area contributed by atoms with Crippen LogP contribution in [0.2, 0.25) is 0 Å². The molecule has 0 aromatic heterocycles. The van der Waals surface area contributed by atoms with E-state index in [9.17, 15) is 14.0 Å². The van der Waals surface area contributed by atoms with Crippen LogP contribution in [-0.2, 0) is 9.59 Å². The Morgan fingerprint density at radius 1 is 1.17 bits per heavy atom. The summed E-state index contributed by atoms with van der Waals surface area (Å²) >= 11 is 0. The predicted octanol–water partition coefficient (Wildman–Crippen LogP) is -1.85. The van der Waals surface area contributed by atoms with Crippen LogP contribution in [0.25, 0.3) is 0 Å². The normalized spacial score (nSPS) is 27.3. The summed E-state index contributed by atoms with van der Waals surface area (Å²) in [6.45, 7) is 4.30. The molecule has 0 radical (unpaired) electrons. The summed E-state index contributed by atoms with van der Waals surface area (Å²) in [5.74, 6) is -0.804. The van der Waals surface area contributed by atoms with Crippen LogP contribution in [0.5, 0.6) is 0 Å². The number of amides is 2. The van der Waals surface area contributed by atoms with Gasteiger partial charge in [-0.05, 0) is 24.3 Å². The minimum atomic E-state index is -0.392. The van der Waals surface area contributed by atoms with Crippen LogP contribution in [0.1, 0.15) is 12.8 Å². The van der Waals surface area contributed by atoms with Crippen molar-refractivity contribution in [1.82, 2.24) is 0 Å². The number of hydrogen-bond acceptors (Lipinski definition) is 3. The van der Waals surface area contributed by atoms with Gasteiger partial charge < -0.3 is 9.80 Å². The summed E-state index contributed by atoms with van der Waals surface area (Å²) in [4.78, 5) is 28.7. The highest BCUT2D eigenvalue weighted by Crippen LogP contribution is 2.22. The molecule has 2 saturated heterocycles. The third-order valence-corrected chi connectivity index (χ3v) is 4.91. The number of anilines is 1. The molecule has 24 heavy (non-hydrogen) atoms. The first-order valence-electron chi connectivity index (χ1n) is 8.27. The first-order chi connectivity index (χ1) is 11.6. The molecule has 1 atom stereocenters. The van der Waals surface area contributed by atoms with Gasteiger partial charge in [-0.1, -0.05) is 0 Å². The molecule has 2 aliphatic heterocycles. The zero-order chi connectivity index (χ0) is 17.1. The molecule has 2 N–H and O–H groups in total. The molecule has 1 aromatic rings. The number of nitriles is 1. The lowest BCUT2D eigenvalue weighted by Gasteiger charge is -2.31. The number of imide groups is 1. The minimum absolute atomic E-state index is 0.193. The molecule has 126 valence electrons. The topological polar surface area (TPSA) is 70.1 Å². The standard InChI is InChI=1S/C17H19FN4O2/c18-13-2-4-14(5-3-13)22-16(23)12-15(17(22)24)21-10-8-20(9-11-21)7-1-6-19/h2-5,15H,1,7-12H2/p+2/t15-/m1/s1. The fourth-order valence-electron chi connectivity index (χ4n) is 3.57.